The van der Waals surface area contributed by atoms with Gasteiger partial charge in [0.2, 0.25) is 5.13 Å². The number of anilines is 1. The number of benzene rings is 1. The first-order valence-corrected chi connectivity index (χ1v) is 7.37. The summed E-state index contributed by atoms with van der Waals surface area (Å²) >= 11 is 1.42. The molecule has 0 unspecified atom stereocenters. The predicted molar refractivity (Wildman–Crippen MR) is 78.8 cm³/mol. The summed E-state index contributed by atoms with van der Waals surface area (Å²) in [6.45, 7) is 5.55. The minimum absolute atomic E-state index is 0.688. The van der Waals surface area contributed by atoms with E-state index in [1.165, 1.54) is 17.1 Å². The number of hydrogen-bond acceptors (Lipinski definition) is 5. The van der Waals surface area contributed by atoms with Crippen molar-refractivity contribution >= 4 is 16.7 Å². The van der Waals surface area contributed by atoms with Gasteiger partial charge in [0, 0.05) is 24.5 Å². The molecule has 0 bridgehead atoms. The Morgan fingerprint density at radius 2 is 2.21 bits per heavy atom. The molecule has 0 aliphatic carbocycles. The van der Waals surface area contributed by atoms with E-state index in [0.717, 1.165) is 36.1 Å². The summed E-state index contributed by atoms with van der Waals surface area (Å²) in [4.78, 5) is 4.44. The highest BCUT2D eigenvalue weighted by Gasteiger charge is 2.03. The first-order valence-electron chi connectivity index (χ1n) is 6.60. The van der Waals surface area contributed by atoms with Crippen molar-refractivity contribution in [1.29, 1.82) is 0 Å². The second kappa shape index (κ2) is 7.09. The summed E-state index contributed by atoms with van der Waals surface area (Å²) in [5, 5.41) is 4.18. The Hall–Kier alpha value is -1.62. The van der Waals surface area contributed by atoms with E-state index in [9.17, 15) is 0 Å². The third-order valence-electron chi connectivity index (χ3n) is 2.59. The molecule has 4 nitrogen and oxygen atoms in total. The third-order valence-corrected chi connectivity index (χ3v) is 3.31. The molecule has 2 aromatic rings. The smallest absolute Gasteiger partial charge is 0.202 e. The molecule has 1 N–H and O–H groups in total. The van der Waals surface area contributed by atoms with Crippen LogP contribution in [0.1, 0.15) is 31.7 Å². The fraction of sp³-hybridized carbons (Fsp3) is 0.429. The number of aryl methyl sites for hydroxylation is 1. The number of aromatic nitrogens is 2. The molecular weight excluding hydrogens is 258 g/mol. The van der Waals surface area contributed by atoms with Crippen LogP contribution in [0.4, 0.5) is 5.13 Å². The van der Waals surface area contributed by atoms with Gasteiger partial charge in [-0.05, 0) is 31.0 Å². The molecule has 0 saturated heterocycles. The number of ether oxygens (including phenoxy) is 1. The third kappa shape index (κ3) is 4.21. The van der Waals surface area contributed by atoms with Gasteiger partial charge in [0.05, 0.1) is 6.61 Å². The molecule has 102 valence electrons. The van der Waals surface area contributed by atoms with Crippen LogP contribution in [0.5, 0.6) is 5.75 Å². The van der Waals surface area contributed by atoms with E-state index in [0.29, 0.717) is 6.61 Å². The summed E-state index contributed by atoms with van der Waals surface area (Å²) in [5.41, 5.74) is 1.18. The summed E-state index contributed by atoms with van der Waals surface area (Å²) in [7, 11) is 0. The Labute approximate surface area is 118 Å². The van der Waals surface area contributed by atoms with Crippen molar-refractivity contribution in [2.75, 3.05) is 11.9 Å². The lowest BCUT2D eigenvalue weighted by molar-refractivity contribution is 0.340. The van der Waals surface area contributed by atoms with E-state index in [-0.39, 0.29) is 0 Å². The minimum atomic E-state index is 0.688. The van der Waals surface area contributed by atoms with E-state index in [2.05, 4.69) is 27.7 Å². The van der Waals surface area contributed by atoms with Crippen LogP contribution in [0.25, 0.3) is 0 Å². The zero-order valence-electron chi connectivity index (χ0n) is 11.3. The molecule has 0 fully saturated rings. The lowest BCUT2D eigenvalue weighted by Gasteiger charge is -2.06. The van der Waals surface area contributed by atoms with Crippen molar-refractivity contribution in [3.63, 3.8) is 0 Å². The summed E-state index contributed by atoms with van der Waals surface area (Å²) in [6, 6.07) is 8.09. The Kier molecular flexibility index (Phi) is 5.15. The normalized spacial score (nSPS) is 10.4. The summed E-state index contributed by atoms with van der Waals surface area (Å²) in [5.74, 6) is 1.84. The molecular formula is C14H19N3OS. The maximum absolute atomic E-state index is 5.48. The van der Waals surface area contributed by atoms with Gasteiger partial charge in [-0.1, -0.05) is 19.1 Å². The van der Waals surface area contributed by atoms with Gasteiger partial charge in [-0.15, -0.1) is 0 Å². The van der Waals surface area contributed by atoms with Gasteiger partial charge in [0.25, 0.3) is 0 Å². The molecule has 1 aromatic heterocycles. The number of rotatable bonds is 7. The molecule has 0 spiro atoms. The molecule has 0 saturated carbocycles. The van der Waals surface area contributed by atoms with Crippen molar-refractivity contribution in [2.24, 2.45) is 0 Å². The van der Waals surface area contributed by atoms with Crippen LogP contribution in [0.2, 0.25) is 0 Å². The van der Waals surface area contributed by atoms with Crippen molar-refractivity contribution < 1.29 is 4.74 Å². The number of nitrogens with zero attached hydrogens (tertiary/aromatic N) is 2. The van der Waals surface area contributed by atoms with Crippen molar-refractivity contribution in [2.45, 2.75) is 33.2 Å². The molecule has 1 aromatic carbocycles. The molecule has 5 heteroatoms. The van der Waals surface area contributed by atoms with Crippen molar-refractivity contribution in [1.82, 2.24) is 9.36 Å². The van der Waals surface area contributed by atoms with Gasteiger partial charge < -0.3 is 10.1 Å². The van der Waals surface area contributed by atoms with E-state index in [4.69, 9.17) is 4.74 Å². The van der Waals surface area contributed by atoms with Gasteiger partial charge in [0.1, 0.15) is 11.6 Å². The van der Waals surface area contributed by atoms with E-state index < -0.39 is 0 Å². The maximum Gasteiger partial charge on any atom is 0.202 e. The molecule has 0 radical (unpaired) electrons. The quantitative estimate of drug-likeness (QED) is 0.841. The Morgan fingerprint density at radius 3 is 3.00 bits per heavy atom. The summed E-state index contributed by atoms with van der Waals surface area (Å²) in [6.07, 6.45) is 2.02. The fourth-order valence-corrected chi connectivity index (χ4v) is 2.35. The van der Waals surface area contributed by atoms with Crippen LogP contribution in [0.15, 0.2) is 24.3 Å². The lowest BCUT2D eigenvalue weighted by atomic mass is 10.2. The largest absolute Gasteiger partial charge is 0.494 e. The van der Waals surface area contributed by atoms with Gasteiger partial charge in [0.15, 0.2) is 0 Å². The van der Waals surface area contributed by atoms with E-state index in [1.54, 1.807) is 0 Å². The number of hydrogen-bond donors (Lipinski definition) is 1. The monoisotopic (exact) mass is 277 g/mol. The highest BCUT2D eigenvalue weighted by Crippen LogP contribution is 2.16. The zero-order valence-corrected chi connectivity index (χ0v) is 12.2. The van der Waals surface area contributed by atoms with Gasteiger partial charge in [-0.3, -0.25) is 0 Å². The SMILES string of the molecule is CCCc1nsc(NCc2cccc(OCC)c2)n1. The molecule has 1 heterocycles. The molecule has 0 atom stereocenters. The second-order valence-corrected chi connectivity index (χ2v) is 4.95. The maximum atomic E-state index is 5.48. The van der Waals surface area contributed by atoms with Crippen LogP contribution in [-0.2, 0) is 13.0 Å². The standard InChI is InChI=1S/C14H19N3OS/c1-3-6-13-16-14(19-17-13)15-10-11-7-5-8-12(9-11)18-4-2/h5,7-9H,3-4,6,10H2,1-2H3,(H,15,16,17). The van der Waals surface area contributed by atoms with Gasteiger partial charge in [-0.2, -0.15) is 4.37 Å². The second-order valence-electron chi connectivity index (χ2n) is 4.20. The van der Waals surface area contributed by atoms with Crippen LogP contribution in [0.3, 0.4) is 0 Å². The predicted octanol–water partition coefficient (Wildman–Crippen LogP) is 3.50. The number of nitrogens with one attached hydrogen (secondary N) is 1. The molecule has 19 heavy (non-hydrogen) atoms. The van der Waals surface area contributed by atoms with Crippen LogP contribution >= 0.6 is 11.5 Å². The highest BCUT2D eigenvalue weighted by atomic mass is 32.1. The Bertz CT molecular complexity index is 513. The molecule has 0 aliphatic heterocycles. The average Bonchev–Trinajstić information content (AvgIpc) is 2.86. The first-order chi connectivity index (χ1) is 9.31. The Balaban J connectivity index is 1.91. The summed E-state index contributed by atoms with van der Waals surface area (Å²) < 4.78 is 9.79. The van der Waals surface area contributed by atoms with E-state index in [1.807, 2.05) is 25.1 Å². The van der Waals surface area contributed by atoms with Gasteiger partial charge in [-0.25, -0.2) is 4.98 Å². The van der Waals surface area contributed by atoms with E-state index >= 15 is 0 Å². The minimum Gasteiger partial charge on any atom is -0.494 e. The average molecular weight is 277 g/mol. The van der Waals surface area contributed by atoms with Crippen molar-refractivity contribution in [3.05, 3.63) is 35.7 Å². The lowest BCUT2D eigenvalue weighted by Crippen LogP contribution is -2.00. The molecule has 0 amide bonds. The topological polar surface area (TPSA) is 47.0 Å². The van der Waals surface area contributed by atoms with Gasteiger partial charge >= 0.3 is 0 Å². The highest BCUT2D eigenvalue weighted by molar-refractivity contribution is 7.09. The molecule has 0 aliphatic rings. The first kappa shape index (κ1) is 13.8. The van der Waals surface area contributed by atoms with Crippen molar-refractivity contribution in [3.8, 4) is 5.75 Å². The van der Waals surface area contributed by atoms with Crippen LogP contribution < -0.4 is 10.1 Å². The fourth-order valence-electron chi connectivity index (χ4n) is 1.74. The molecule has 2 rings (SSSR count). The zero-order chi connectivity index (χ0) is 13.5. The van der Waals surface area contributed by atoms with Crippen LogP contribution in [0, 0.1) is 0 Å². The Morgan fingerprint density at radius 1 is 1.32 bits per heavy atom. The van der Waals surface area contributed by atoms with Crippen LogP contribution in [-0.4, -0.2) is 16.0 Å².